The van der Waals surface area contributed by atoms with E-state index in [0.29, 0.717) is 11.3 Å². The van der Waals surface area contributed by atoms with Gasteiger partial charge in [0.05, 0.1) is 5.57 Å². The Labute approximate surface area is 130 Å². The number of H-pyrrole nitrogens is 1. The van der Waals surface area contributed by atoms with Crippen molar-refractivity contribution in [2.45, 2.75) is 6.10 Å². The number of aliphatic hydroxyl groups is 1. The first-order valence-electron chi connectivity index (χ1n) is 6.34. The van der Waals surface area contributed by atoms with Gasteiger partial charge in [0.2, 0.25) is 0 Å². The molecule has 2 aromatic heterocycles. The maximum atomic E-state index is 11.4. The van der Waals surface area contributed by atoms with Crippen LogP contribution in [0.5, 0.6) is 0 Å². The third-order valence-corrected chi connectivity index (χ3v) is 3.29. The Morgan fingerprint density at radius 2 is 2.14 bits per heavy atom. The van der Waals surface area contributed by atoms with Gasteiger partial charge in [-0.05, 0) is 11.6 Å². The molecule has 0 aliphatic rings. The molecule has 0 fully saturated rings. The van der Waals surface area contributed by atoms with Crippen molar-refractivity contribution < 1.29 is 14.3 Å². The number of nitrogens with zero attached hydrogens (tertiary/aromatic N) is 2. The molecular formula is C15H10ClN3O3. The molecule has 2 heterocycles. The van der Waals surface area contributed by atoms with Crippen molar-refractivity contribution in [2.24, 2.45) is 0 Å². The topological polar surface area (TPSA) is 92.0 Å². The normalized spacial score (nSPS) is 11.9. The summed E-state index contributed by atoms with van der Waals surface area (Å²) in [5.41, 5.74) is 1.04. The molecule has 3 aromatic rings. The lowest BCUT2D eigenvalue weighted by Crippen LogP contribution is -2.04. The van der Waals surface area contributed by atoms with Crippen molar-refractivity contribution in [3.63, 3.8) is 0 Å². The lowest BCUT2D eigenvalue weighted by molar-refractivity contribution is 0.229. The highest BCUT2D eigenvalue weighted by Gasteiger charge is 2.25. The Hall–Kier alpha value is -2.66. The summed E-state index contributed by atoms with van der Waals surface area (Å²) in [6.07, 6.45) is -0.0716. The molecule has 6 nitrogen and oxygen atoms in total. The van der Waals surface area contributed by atoms with Gasteiger partial charge in [0.15, 0.2) is 11.0 Å². The summed E-state index contributed by atoms with van der Waals surface area (Å²) in [5, 5.41) is 16.6. The van der Waals surface area contributed by atoms with Gasteiger partial charge in [0, 0.05) is 17.2 Å². The van der Waals surface area contributed by atoms with Gasteiger partial charge in [-0.2, -0.15) is 5.10 Å². The van der Waals surface area contributed by atoms with E-state index in [1.807, 2.05) is 30.3 Å². The molecule has 0 saturated heterocycles. The van der Waals surface area contributed by atoms with E-state index in [0.717, 1.165) is 5.56 Å². The summed E-state index contributed by atoms with van der Waals surface area (Å²) >= 11 is 5.92. The second-order valence-corrected chi connectivity index (χ2v) is 4.82. The molecule has 0 spiro atoms. The van der Waals surface area contributed by atoms with Crippen molar-refractivity contribution in [1.29, 1.82) is 0 Å². The monoisotopic (exact) mass is 315 g/mol. The Morgan fingerprint density at radius 3 is 2.77 bits per heavy atom. The zero-order valence-corrected chi connectivity index (χ0v) is 11.9. The minimum Gasteiger partial charge on any atom is -0.444 e. The van der Waals surface area contributed by atoms with Crippen LogP contribution in [0.15, 0.2) is 47.1 Å². The second kappa shape index (κ2) is 5.99. The van der Waals surface area contributed by atoms with E-state index < -0.39 is 6.10 Å². The van der Waals surface area contributed by atoms with Gasteiger partial charge in [-0.25, -0.2) is 9.78 Å². The molecule has 0 saturated carbocycles. The van der Waals surface area contributed by atoms with Crippen LogP contribution >= 0.6 is 11.6 Å². The molecule has 1 aromatic carbocycles. The average Bonchev–Trinajstić information content (AvgIpc) is 3.19. The lowest BCUT2D eigenvalue weighted by Gasteiger charge is -2.09. The summed E-state index contributed by atoms with van der Waals surface area (Å²) < 4.78 is 5.46. The van der Waals surface area contributed by atoms with Gasteiger partial charge < -0.3 is 9.52 Å². The van der Waals surface area contributed by atoms with Crippen LogP contribution in [0.4, 0.5) is 0 Å². The first kappa shape index (κ1) is 14.3. The number of aromatic amines is 1. The van der Waals surface area contributed by atoms with Crippen molar-refractivity contribution in [1.82, 2.24) is 15.2 Å². The Morgan fingerprint density at radius 1 is 1.36 bits per heavy atom. The highest BCUT2D eigenvalue weighted by atomic mass is 35.5. The van der Waals surface area contributed by atoms with Gasteiger partial charge in [-0.1, -0.05) is 30.3 Å². The lowest BCUT2D eigenvalue weighted by atomic mass is 9.99. The molecule has 3 rings (SSSR count). The molecule has 1 unspecified atom stereocenters. The first-order chi connectivity index (χ1) is 10.7. The number of hydrogen-bond acceptors (Lipinski definition) is 5. The summed E-state index contributed by atoms with van der Waals surface area (Å²) in [7, 11) is 0. The number of hydrogen-bond donors (Lipinski definition) is 2. The SMILES string of the molecule is O=C=C(c1cc(Cl)oc1-c1ccccc1)C(O)c1ncn[nH]1. The zero-order chi connectivity index (χ0) is 15.5. The molecule has 110 valence electrons. The Kier molecular flexibility index (Phi) is 3.89. The van der Waals surface area contributed by atoms with Crippen LogP contribution in [0.1, 0.15) is 17.5 Å². The molecule has 0 aliphatic carbocycles. The molecule has 1 atom stereocenters. The summed E-state index contributed by atoms with van der Waals surface area (Å²) in [5.74, 6) is 2.25. The van der Waals surface area contributed by atoms with Crippen molar-refractivity contribution in [3.8, 4) is 11.3 Å². The van der Waals surface area contributed by atoms with Gasteiger partial charge in [0.25, 0.3) is 0 Å². The van der Waals surface area contributed by atoms with E-state index in [-0.39, 0.29) is 16.6 Å². The minimum atomic E-state index is -1.31. The molecule has 0 aliphatic heterocycles. The molecule has 0 bridgehead atoms. The number of benzene rings is 1. The number of carbonyl (C=O) groups excluding carboxylic acids is 1. The van der Waals surface area contributed by atoms with E-state index >= 15 is 0 Å². The van der Waals surface area contributed by atoms with Crippen molar-refractivity contribution in [2.75, 3.05) is 0 Å². The largest absolute Gasteiger partial charge is 0.444 e. The van der Waals surface area contributed by atoms with Crippen LogP contribution in [0.2, 0.25) is 5.22 Å². The number of halogens is 1. The average molecular weight is 316 g/mol. The molecule has 0 amide bonds. The molecule has 0 radical (unpaired) electrons. The van der Waals surface area contributed by atoms with E-state index in [1.165, 1.54) is 12.4 Å². The Bertz CT molecular complexity index is 821. The minimum absolute atomic E-state index is 0.0359. The van der Waals surface area contributed by atoms with E-state index in [9.17, 15) is 9.90 Å². The van der Waals surface area contributed by atoms with E-state index in [1.54, 1.807) is 5.94 Å². The van der Waals surface area contributed by atoms with Gasteiger partial charge >= 0.3 is 0 Å². The third-order valence-electron chi connectivity index (χ3n) is 3.10. The smallest absolute Gasteiger partial charge is 0.194 e. The summed E-state index contributed by atoms with van der Waals surface area (Å²) in [4.78, 5) is 15.2. The number of furan rings is 1. The third kappa shape index (κ3) is 2.58. The van der Waals surface area contributed by atoms with Gasteiger partial charge in [-0.3, -0.25) is 5.10 Å². The predicted molar refractivity (Wildman–Crippen MR) is 79.6 cm³/mol. The first-order valence-corrected chi connectivity index (χ1v) is 6.72. The zero-order valence-electron chi connectivity index (χ0n) is 11.2. The Balaban J connectivity index is 2.10. The van der Waals surface area contributed by atoms with Crippen LogP contribution in [0.3, 0.4) is 0 Å². The number of rotatable bonds is 4. The van der Waals surface area contributed by atoms with Crippen LogP contribution in [0.25, 0.3) is 16.9 Å². The quantitative estimate of drug-likeness (QED) is 0.722. The molecule has 7 heteroatoms. The highest BCUT2D eigenvalue weighted by molar-refractivity contribution is 6.29. The molecule has 22 heavy (non-hydrogen) atoms. The molecule has 2 N–H and O–H groups in total. The van der Waals surface area contributed by atoms with Crippen LogP contribution < -0.4 is 0 Å². The van der Waals surface area contributed by atoms with Gasteiger partial charge in [0.1, 0.15) is 24.1 Å². The van der Waals surface area contributed by atoms with Crippen LogP contribution in [-0.4, -0.2) is 26.2 Å². The van der Waals surface area contributed by atoms with E-state index in [4.69, 9.17) is 16.0 Å². The highest BCUT2D eigenvalue weighted by Crippen LogP contribution is 2.37. The summed E-state index contributed by atoms with van der Waals surface area (Å²) in [6.45, 7) is 0. The molecular weight excluding hydrogens is 306 g/mol. The fourth-order valence-electron chi connectivity index (χ4n) is 2.11. The standard InChI is InChI=1S/C15H10ClN3O3/c16-12-6-10(14(22-12)9-4-2-1-3-5-9)11(7-20)13(21)15-17-8-18-19-15/h1-6,8,13,21H,(H,17,18,19). The van der Waals surface area contributed by atoms with Crippen molar-refractivity contribution >= 4 is 23.1 Å². The maximum Gasteiger partial charge on any atom is 0.194 e. The second-order valence-electron chi connectivity index (χ2n) is 4.45. The van der Waals surface area contributed by atoms with Crippen LogP contribution in [-0.2, 0) is 4.79 Å². The maximum absolute atomic E-state index is 11.4. The summed E-state index contributed by atoms with van der Waals surface area (Å²) in [6, 6.07) is 10.6. The number of aromatic nitrogens is 3. The fourth-order valence-corrected chi connectivity index (χ4v) is 2.29. The van der Waals surface area contributed by atoms with E-state index in [2.05, 4.69) is 15.2 Å². The predicted octanol–water partition coefficient (Wildman–Crippen LogP) is 2.67. The van der Waals surface area contributed by atoms with Crippen molar-refractivity contribution in [3.05, 3.63) is 59.3 Å². The fraction of sp³-hybridized carbons (Fsp3) is 0.0667. The van der Waals surface area contributed by atoms with Gasteiger partial charge in [-0.15, -0.1) is 0 Å². The van der Waals surface area contributed by atoms with Crippen LogP contribution in [0, 0.1) is 0 Å². The number of nitrogens with one attached hydrogen (secondary N) is 1. The number of aliphatic hydroxyl groups excluding tert-OH is 1.